The molecule has 13 heavy (non-hydrogen) atoms. The number of carbonyl (C=O) groups is 1. The highest BCUT2D eigenvalue weighted by Crippen LogP contribution is 2.23. The second-order valence-electron chi connectivity index (χ2n) is 2.69. The van der Waals surface area contributed by atoms with Crippen molar-refractivity contribution in [2.75, 3.05) is 15.8 Å². The molecule has 1 unspecified atom stereocenters. The lowest BCUT2D eigenvalue weighted by Crippen LogP contribution is -2.18. The van der Waals surface area contributed by atoms with Crippen LogP contribution < -0.4 is 10.0 Å². The maximum Gasteiger partial charge on any atom is 0.238 e. The number of amides is 1. The fourth-order valence-corrected chi connectivity index (χ4v) is 1.95. The number of nitrogens with one attached hydrogen (secondary N) is 2. The first-order valence-electron chi connectivity index (χ1n) is 3.79. The molecular formula is C8H8N2O2S. The zero-order valence-corrected chi connectivity index (χ0v) is 7.56. The van der Waals surface area contributed by atoms with Gasteiger partial charge in [-0.25, -0.2) is 4.21 Å². The van der Waals surface area contributed by atoms with Crippen LogP contribution in [0.5, 0.6) is 0 Å². The van der Waals surface area contributed by atoms with Crippen LogP contribution in [0.25, 0.3) is 0 Å². The zero-order chi connectivity index (χ0) is 9.26. The summed E-state index contributed by atoms with van der Waals surface area (Å²) in [7, 11) is -1.31. The second kappa shape index (κ2) is 3.18. The summed E-state index contributed by atoms with van der Waals surface area (Å²) >= 11 is 0. The number of anilines is 2. The van der Waals surface area contributed by atoms with Crippen LogP contribution in [0, 0.1) is 0 Å². The van der Waals surface area contributed by atoms with E-state index in [4.69, 9.17) is 0 Å². The molecule has 4 nitrogen and oxygen atoms in total. The van der Waals surface area contributed by atoms with Gasteiger partial charge in [-0.3, -0.25) is 4.79 Å². The third-order valence-corrected chi connectivity index (χ3v) is 2.66. The second-order valence-corrected chi connectivity index (χ2v) is 3.87. The summed E-state index contributed by atoms with van der Waals surface area (Å²) < 4.78 is 13.9. The average Bonchev–Trinajstić information content (AvgIpc) is 2.20. The molecule has 0 radical (unpaired) electrons. The van der Waals surface area contributed by atoms with Crippen molar-refractivity contribution in [1.29, 1.82) is 0 Å². The largest absolute Gasteiger partial charge is 0.323 e. The molecule has 1 aliphatic rings. The lowest BCUT2D eigenvalue weighted by molar-refractivity contribution is -0.113. The molecule has 0 bridgehead atoms. The van der Waals surface area contributed by atoms with Crippen LogP contribution in [-0.4, -0.2) is 15.9 Å². The fraction of sp³-hybridized carbons (Fsp3) is 0.125. The minimum Gasteiger partial charge on any atom is -0.323 e. The van der Waals surface area contributed by atoms with Gasteiger partial charge >= 0.3 is 0 Å². The average molecular weight is 196 g/mol. The van der Waals surface area contributed by atoms with Gasteiger partial charge in [-0.1, -0.05) is 12.1 Å². The molecule has 1 aliphatic heterocycles. The highest BCUT2D eigenvalue weighted by atomic mass is 32.2. The zero-order valence-electron chi connectivity index (χ0n) is 6.74. The van der Waals surface area contributed by atoms with Crippen LogP contribution in [0.4, 0.5) is 11.4 Å². The van der Waals surface area contributed by atoms with E-state index in [1.54, 1.807) is 12.1 Å². The third kappa shape index (κ3) is 1.70. The van der Waals surface area contributed by atoms with Crippen LogP contribution >= 0.6 is 0 Å². The summed E-state index contributed by atoms with van der Waals surface area (Å²) in [6.07, 6.45) is 0. The standard InChI is InChI=1S/C8H8N2O2S/c11-8-5-13(12)10-7-4-2-1-3-6(7)9-8/h1-4,10H,5H2,(H,9,11). The van der Waals surface area contributed by atoms with Crippen LogP contribution in [0.3, 0.4) is 0 Å². The Morgan fingerprint density at radius 3 is 2.69 bits per heavy atom. The first-order chi connectivity index (χ1) is 6.25. The fourth-order valence-electron chi connectivity index (χ4n) is 1.15. The number of hydrogen-bond donors (Lipinski definition) is 2. The van der Waals surface area contributed by atoms with Crippen LogP contribution in [0.1, 0.15) is 0 Å². The topological polar surface area (TPSA) is 58.2 Å². The van der Waals surface area contributed by atoms with Gasteiger partial charge < -0.3 is 10.0 Å². The van der Waals surface area contributed by atoms with E-state index < -0.39 is 11.0 Å². The Morgan fingerprint density at radius 2 is 1.92 bits per heavy atom. The number of rotatable bonds is 0. The van der Waals surface area contributed by atoms with Crippen molar-refractivity contribution in [1.82, 2.24) is 0 Å². The van der Waals surface area contributed by atoms with E-state index in [1.165, 1.54) is 0 Å². The van der Waals surface area contributed by atoms with Gasteiger partial charge in [0.1, 0.15) is 16.7 Å². The van der Waals surface area contributed by atoms with Gasteiger partial charge in [0.2, 0.25) is 5.91 Å². The predicted octanol–water partition coefficient (Wildman–Crippen LogP) is 0.714. The number of fused-ring (bicyclic) bond motifs is 1. The van der Waals surface area contributed by atoms with Crippen molar-refractivity contribution >= 4 is 28.3 Å². The normalized spacial score (nSPS) is 20.9. The predicted molar refractivity (Wildman–Crippen MR) is 51.7 cm³/mol. The Hall–Kier alpha value is -1.36. The van der Waals surface area contributed by atoms with Crippen molar-refractivity contribution in [2.45, 2.75) is 0 Å². The highest BCUT2D eigenvalue weighted by Gasteiger charge is 2.15. The van der Waals surface area contributed by atoms with Gasteiger partial charge in [0.25, 0.3) is 0 Å². The van der Waals surface area contributed by atoms with E-state index in [-0.39, 0.29) is 11.7 Å². The molecule has 2 N–H and O–H groups in total. The van der Waals surface area contributed by atoms with Gasteiger partial charge in [-0.05, 0) is 12.1 Å². The number of hydrogen-bond acceptors (Lipinski definition) is 2. The molecule has 1 aromatic carbocycles. The maximum atomic E-state index is 11.2. The molecule has 1 atom stereocenters. The molecule has 5 heteroatoms. The summed E-state index contributed by atoms with van der Waals surface area (Å²) in [6.45, 7) is 0. The molecule has 2 rings (SSSR count). The minimum absolute atomic E-state index is 0.00528. The monoisotopic (exact) mass is 196 g/mol. The smallest absolute Gasteiger partial charge is 0.238 e. The Kier molecular flexibility index (Phi) is 2.02. The molecule has 1 heterocycles. The molecule has 0 aromatic heterocycles. The lowest BCUT2D eigenvalue weighted by atomic mass is 10.3. The Morgan fingerprint density at radius 1 is 1.23 bits per heavy atom. The molecule has 0 spiro atoms. The van der Waals surface area contributed by atoms with Gasteiger partial charge in [0, 0.05) is 0 Å². The summed E-state index contributed by atoms with van der Waals surface area (Å²) in [5, 5.41) is 2.66. The van der Waals surface area contributed by atoms with Crippen LogP contribution in [-0.2, 0) is 15.8 Å². The van der Waals surface area contributed by atoms with E-state index >= 15 is 0 Å². The molecular weight excluding hydrogens is 188 g/mol. The van der Waals surface area contributed by atoms with E-state index in [0.29, 0.717) is 11.4 Å². The molecule has 0 fully saturated rings. The molecule has 1 amide bonds. The van der Waals surface area contributed by atoms with E-state index in [2.05, 4.69) is 10.0 Å². The number of carbonyl (C=O) groups excluding carboxylic acids is 1. The first-order valence-corrected chi connectivity index (χ1v) is 5.11. The van der Waals surface area contributed by atoms with E-state index in [9.17, 15) is 9.00 Å². The quantitative estimate of drug-likeness (QED) is 0.642. The van der Waals surface area contributed by atoms with Gasteiger partial charge in [0.15, 0.2) is 0 Å². The Labute approximate surface area is 77.9 Å². The highest BCUT2D eigenvalue weighted by molar-refractivity contribution is 7.87. The maximum absolute atomic E-state index is 11.2. The minimum atomic E-state index is -1.31. The van der Waals surface area contributed by atoms with Crippen molar-refractivity contribution in [3.8, 4) is 0 Å². The molecule has 1 aromatic rings. The van der Waals surface area contributed by atoms with Crippen molar-refractivity contribution < 1.29 is 9.00 Å². The molecule has 0 saturated carbocycles. The molecule has 0 aliphatic carbocycles. The van der Waals surface area contributed by atoms with Crippen molar-refractivity contribution in [2.24, 2.45) is 0 Å². The van der Waals surface area contributed by atoms with Crippen molar-refractivity contribution in [3.05, 3.63) is 24.3 Å². The van der Waals surface area contributed by atoms with Gasteiger partial charge in [-0.2, -0.15) is 0 Å². The van der Waals surface area contributed by atoms with E-state index in [1.807, 2.05) is 12.1 Å². The van der Waals surface area contributed by atoms with Crippen molar-refractivity contribution in [3.63, 3.8) is 0 Å². The number of benzene rings is 1. The summed E-state index contributed by atoms with van der Waals surface area (Å²) in [5.74, 6) is -0.231. The summed E-state index contributed by atoms with van der Waals surface area (Å²) in [5.41, 5.74) is 1.38. The third-order valence-electron chi connectivity index (χ3n) is 1.69. The van der Waals surface area contributed by atoms with Gasteiger partial charge in [0.05, 0.1) is 11.4 Å². The Bertz CT molecular complexity index is 343. The molecule has 0 saturated heterocycles. The van der Waals surface area contributed by atoms with E-state index in [0.717, 1.165) is 0 Å². The first kappa shape index (κ1) is 8.25. The Balaban J connectivity index is 2.43. The van der Waals surface area contributed by atoms with Crippen LogP contribution in [0.2, 0.25) is 0 Å². The summed E-state index contributed by atoms with van der Waals surface area (Å²) in [6, 6.07) is 7.18. The number of para-hydroxylation sites is 2. The van der Waals surface area contributed by atoms with Gasteiger partial charge in [-0.15, -0.1) is 0 Å². The lowest BCUT2D eigenvalue weighted by Gasteiger charge is -2.04. The SMILES string of the molecule is O=C1CS(=O)Nc2ccccc2N1. The van der Waals surface area contributed by atoms with Crippen LogP contribution in [0.15, 0.2) is 24.3 Å². The molecule has 68 valence electrons. The summed E-state index contributed by atoms with van der Waals surface area (Å²) in [4.78, 5) is 11.1.